The van der Waals surface area contributed by atoms with Crippen LogP contribution >= 0.6 is 0 Å². The van der Waals surface area contributed by atoms with Gasteiger partial charge < -0.3 is 10.3 Å². The molecule has 4 rings (SSSR count). The number of fused-ring (bicyclic) bond motifs is 3. The van der Waals surface area contributed by atoms with Crippen molar-refractivity contribution in [1.82, 2.24) is 15.8 Å². The Kier molecular flexibility index (Phi) is 5.70. The molecular formula is C24H23N3O2. The maximum absolute atomic E-state index is 11.0. The molecule has 0 unspecified atom stereocenters. The largest absolute Gasteiger partial charge is 0.355 e. The van der Waals surface area contributed by atoms with Gasteiger partial charge in [0.15, 0.2) is 0 Å². The summed E-state index contributed by atoms with van der Waals surface area (Å²) in [6, 6.07) is 23.0. The predicted molar refractivity (Wildman–Crippen MR) is 117 cm³/mol. The molecule has 0 saturated heterocycles. The lowest BCUT2D eigenvalue weighted by molar-refractivity contribution is -0.124. The Morgan fingerprint density at radius 1 is 0.931 bits per heavy atom. The van der Waals surface area contributed by atoms with E-state index in [2.05, 4.69) is 52.8 Å². The fourth-order valence-electron chi connectivity index (χ4n) is 3.47. The highest BCUT2D eigenvalue weighted by Crippen LogP contribution is 2.26. The molecule has 0 bridgehead atoms. The summed E-state index contributed by atoms with van der Waals surface area (Å²) in [5, 5.41) is 14.5. The van der Waals surface area contributed by atoms with E-state index < -0.39 is 5.91 Å². The number of H-pyrrole nitrogens is 1. The maximum Gasteiger partial charge on any atom is 0.267 e. The van der Waals surface area contributed by atoms with Crippen LogP contribution in [0.2, 0.25) is 0 Å². The average molecular weight is 385 g/mol. The van der Waals surface area contributed by atoms with Crippen molar-refractivity contribution < 1.29 is 10.0 Å². The molecular weight excluding hydrogens is 362 g/mol. The van der Waals surface area contributed by atoms with Crippen molar-refractivity contribution in [2.24, 2.45) is 0 Å². The van der Waals surface area contributed by atoms with Crippen LogP contribution in [0.25, 0.3) is 27.9 Å². The fraction of sp³-hybridized carbons (Fsp3) is 0.125. The van der Waals surface area contributed by atoms with Gasteiger partial charge >= 0.3 is 0 Å². The SMILES string of the molecule is O=C(/C=C/c1ccc(CNCCc2ccc3[nH]c4ccccc4c3c2)cc1)NO. The van der Waals surface area contributed by atoms with Crippen LogP contribution in [0.5, 0.6) is 0 Å². The first-order chi connectivity index (χ1) is 14.2. The second-order valence-corrected chi connectivity index (χ2v) is 7.03. The summed E-state index contributed by atoms with van der Waals surface area (Å²) in [4.78, 5) is 14.5. The summed E-state index contributed by atoms with van der Waals surface area (Å²) < 4.78 is 0. The second kappa shape index (κ2) is 8.73. The van der Waals surface area contributed by atoms with Crippen LogP contribution in [0.15, 0.2) is 72.8 Å². The number of carbonyl (C=O) groups is 1. The molecule has 4 N–H and O–H groups in total. The Bertz CT molecular complexity index is 1160. The summed E-state index contributed by atoms with van der Waals surface area (Å²) in [6.45, 7) is 1.68. The number of rotatable bonds is 7. The molecule has 3 aromatic carbocycles. The van der Waals surface area contributed by atoms with Gasteiger partial charge in [0.25, 0.3) is 5.91 Å². The van der Waals surface area contributed by atoms with Crippen LogP contribution in [-0.2, 0) is 17.8 Å². The summed E-state index contributed by atoms with van der Waals surface area (Å²) in [5.41, 5.74) is 7.33. The van der Waals surface area contributed by atoms with Gasteiger partial charge in [-0.2, -0.15) is 0 Å². The molecule has 1 aromatic heterocycles. The predicted octanol–water partition coefficient (Wildman–Crippen LogP) is 4.17. The van der Waals surface area contributed by atoms with Gasteiger partial charge in [-0.3, -0.25) is 10.0 Å². The van der Waals surface area contributed by atoms with Gasteiger partial charge in [-0.15, -0.1) is 0 Å². The van der Waals surface area contributed by atoms with Gasteiger partial charge in [-0.25, -0.2) is 5.48 Å². The molecule has 1 heterocycles. The topological polar surface area (TPSA) is 77.2 Å². The van der Waals surface area contributed by atoms with Gasteiger partial charge in [0, 0.05) is 34.4 Å². The normalized spacial score (nSPS) is 11.5. The van der Waals surface area contributed by atoms with Crippen LogP contribution in [0, 0.1) is 0 Å². The molecule has 5 heteroatoms. The zero-order chi connectivity index (χ0) is 20.1. The zero-order valence-electron chi connectivity index (χ0n) is 16.0. The molecule has 0 radical (unpaired) electrons. The van der Waals surface area contributed by atoms with Gasteiger partial charge in [0.2, 0.25) is 0 Å². The van der Waals surface area contributed by atoms with Gasteiger partial charge in [-0.05, 0) is 53.9 Å². The molecule has 1 amide bonds. The van der Waals surface area contributed by atoms with Crippen LogP contribution in [0.1, 0.15) is 16.7 Å². The van der Waals surface area contributed by atoms with Crippen molar-refractivity contribution in [2.45, 2.75) is 13.0 Å². The number of aromatic nitrogens is 1. The Balaban J connectivity index is 1.32. The van der Waals surface area contributed by atoms with Gasteiger partial charge in [0.1, 0.15) is 0 Å². The van der Waals surface area contributed by atoms with Crippen LogP contribution in [0.3, 0.4) is 0 Å². The van der Waals surface area contributed by atoms with Crippen molar-refractivity contribution in [3.05, 3.63) is 89.5 Å². The maximum atomic E-state index is 11.0. The molecule has 0 saturated carbocycles. The number of nitrogens with one attached hydrogen (secondary N) is 3. The number of carbonyl (C=O) groups excluding carboxylic acids is 1. The average Bonchev–Trinajstić information content (AvgIpc) is 3.14. The number of hydroxylamine groups is 1. The minimum absolute atomic E-state index is 0.540. The van der Waals surface area contributed by atoms with Crippen molar-refractivity contribution in [3.63, 3.8) is 0 Å². The van der Waals surface area contributed by atoms with E-state index in [0.29, 0.717) is 0 Å². The molecule has 29 heavy (non-hydrogen) atoms. The van der Waals surface area contributed by atoms with Gasteiger partial charge in [-0.1, -0.05) is 48.5 Å². The van der Waals surface area contributed by atoms with Crippen LogP contribution in [-0.4, -0.2) is 22.6 Å². The molecule has 0 aliphatic carbocycles. The second-order valence-electron chi connectivity index (χ2n) is 7.03. The lowest BCUT2D eigenvalue weighted by Gasteiger charge is -2.06. The first-order valence-electron chi connectivity index (χ1n) is 9.64. The van der Waals surface area contributed by atoms with E-state index in [-0.39, 0.29) is 0 Å². The summed E-state index contributed by atoms with van der Waals surface area (Å²) >= 11 is 0. The number of hydrogen-bond donors (Lipinski definition) is 4. The Morgan fingerprint density at radius 2 is 1.69 bits per heavy atom. The Labute approximate surface area is 169 Å². The van der Waals surface area contributed by atoms with Crippen LogP contribution < -0.4 is 10.8 Å². The lowest BCUT2D eigenvalue weighted by atomic mass is 10.1. The molecule has 146 valence electrons. The van der Waals surface area contributed by atoms with Gasteiger partial charge in [0.05, 0.1) is 0 Å². The Morgan fingerprint density at radius 3 is 2.52 bits per heavy atom. The smallest absolute Gasteiger partial charge is 0.267 e. The van der Waals surface area contributed by atoms with E-state index in [1.165, 1.54) is 39.0 Å². The van der Waals surface area contributed by atoms with Crippen molar-refractivity contribution >= 4 is 33.8 Å². The number of benzene rings is 3. The number of para-hydroxylation sites is 1. The summed E-state index contributed by atoms with van der Waals surface area (Å²) in [7, 11) is 0. The summed E-state index contributed by atoms with van der Waals surface area (Å²) in [5.74, 6) is -0.540. The highest BCUT2D eigenvalue weighted by molar-refractivity contribution is 6.07. The quantitative estimate of drug-likeness (QED) is 0.167. The van der Waals surface area contributed by atoms with E-state index in [4.69, 9.17) is 5.21 Å². The third-order valence-corrected chi connectivity index (χ3v) is 5.01. The van der Waals surface area contributed by atoms with E-state index in [1.807, 2.05) is 24.3 Å². The standard InChI is InChI=1S/C24H23N3O2/c28-24(27-29)12-10-17-5-7-19(8-6-17)16-25-14-13-18-9-11-23-21(15-18)20-3-1-2-4-22(20)26-23/h1-12,15,25-26,29H,13-14,16H2,(H,27,28)/b12-10+. The third kappa shape index (κ3) is 4.54. The number of hydrogen-bond acceptors (Lipinski definition) is 3. The minimum atomic E-state index is -0.540. The molecule has 5 nitrogen and oxygen atoms in total. The minimum Gasteiger partial charge on any atom is -0.355 e. The zero-order valence-corrected chi connectivity index (χ0v) is 16.0. The molecule has 4 aromatic rings. The monoisotopic (exact) mass is 385 g/mol. The summed E-state index contributed by atoms with van der Waals surface area (Å²) in [6.07, 6.45) is 3.91. The molecule has 0 spiro atoms. The van der Waals surface area contributed by atoms with Crippen molar-refractivity contribution in [1.29, 1.82) is 0 Å². The third-order valence-electron chi connectivity index (χ3n) is 5.01. The highest BCUT2D eigenvalue weighted by atomic mass is 16.5. The molecule has 0 aliphatic rings. The lowest BCUT2D eigenvalue weighted by Crippen LogP contribution is -2.16. The Hall–Kier alpha value is -3.41. The van der Waals surface area contributed by atoms with E-state index in [9.17, 15) is 4.79 Å². The van der Waals surface area contributed by atoms with Crippen molar-refractivity contribution in [3.8, 4) is 0 Å². The first kappa shape index (κ1) is 18.9. The fourth-order valence-corrected chi connectivity index (χ4v) is 3.47. The van der Waals surface area contributed by atoms with E-state index in [1.54, 1.807) is 11.6 Å². The molecule has 0 aliphatic heterocycles. The molecule has 0 fully saturated rings. The number of amides is 1. The number of aromatic amines is 1. The first-order valence-corrected chi connectivity index (χ1v) is 9.64. The van der Waals surface area contributed by atoms with E-state index in [0.717, 1.165) is 25.1 Å². The van der Waals surface area contributed by atoms with Crippen molar-refractivity contribution in [2.75, 3.05) is 6.54 Å². The van der Waals surface area contributed by atoms with Crippen LogP contribution in [0.4, 0.5) is 0 Å². The van der Waals surface area contributed by atoms with E-state index >= 15 is 0 Å². The molecule has 0 atom stereocenters. The highest BCUT2D eigenvalue weighted by Gasteiger charge is 2.04.